The van der Waals surface area contributed by atoms with Crippen LogP contribution >= 0.6 is 11.8 Å². The fourth-order valence-electron chi connectivity index (χ4n) is 1.92. The van der Waals surface area contributed by atoms with Crippen molar-refractivity contribution < 1.29 is 14.4 Å². The van der Waals surface area contributed by atoms with E-state index in [-0.39, 0.29) is 23.0 Å². The van der Waals surface area contributed by atoms with Crippen LogP contribution in [0.4, 0.5) is 0 Å². The Kier molecular flexibility index (Phi) is 6.91. The Labute approximate surface area is 118 Å². The summed E-state index contributed by atoms with van der Waals surface area (Å²) in [6, 6.07) is 0. The van der Waals surface area contributed by atoms with E-state index < -0.39 is 0 Å². The van der Waals surface area contributed by atoms with Crippen molar-refractivity contribution in [2.75, 3.05) is 19.3 Å². The quantitative estimate of drug-likeness (QED) is 0.537. The first-order chi connectivity index (χ1) is 9.10. The van der Waals surface area contributed by atoms with Gasteiger partial charge in [0.25, 0.3) is 0 Å². The zero-order valence-electron chi connectivity index (χ0n) is 11.6. The number of likely N-dealkylation sites (tertiary alicyclic amines) is 1. The van der Waals surface area contributed by atoms with E-state index >= 15 is 0 Å². The summed E-state index contributed by atoms with van der Waals surface area (Å²) in [6.07, 6.45) is 3.36. The van der Waals surface area contributed by atoms with Crippen molar-refractivity contribution in [2.45, 2.75) is 44.3 Å². The number of nitrogens with zero attached hydrogens (tertiary/aromatic N) is 1. The van der Waals surface area contributed by atoms with Gasteiger partial charge in [-0.2, -0.15) is 0 Å². The van der Waals surface area contributed by atoms with E-state index in [9.17, 15) is 14.4 Å². The van der Waals surface area contributed by atoms with Crippen LogP contribution in [-0.4, -0.2) is 47.2 Å². The molecule has 0 radical (unpaired) electrons. The van der Waals surface area contributed by atoms with Crippen molar-refractivity contribution in [3.8, 4) is 0 Å². The van der Waals surface area contributed by atoms with Gasteiger partial charge in [0, 0.05) is 26.4 Å². The average molecular weight is 286 g/mol. The van der Waals surface area contributed by atoms with E-state index in [0.717, 1.165) is 25.0 Å². The van der Waals surface area contributed by atoms with Gasteiger partial charge < -0.3 is 5.32 Å². The third kappa shape index (κ3) is 4.86. The first kappa shape index (κ1) is 16.0. The standard InChI is InChI=1S/C13H22N2O3S/c1-3-4-7-15-12(17)9-10(13(15)18)19-8-5-6-11(16)14-2/h10H,3-9H2,1-2H3,(H,14,16). The van der Waals surface area contributed by atoms with Gasteiger partial charge in [-0.15, -0.1) is 11.8 Å². The summed E-state index contributed by atoms with van der Waals surface area (Å²) in [5.74, 6) is 0.642. The number of unbranched alkanes of at least 4 members (excludes halogenated alkanes) is 1. The molecule has 1 aliphatic rings. The minimum atomic E-state index is -0.242. The van der Waals surface area contributed by atoms with Crippen LogP contribution in [0.25, 0.3) is 0 Å². The first-order valence-electron chi connectivity index (χ1n) is 6.76. The molecule has 19 heavy (non-hydrogen) atoms. The number of carbonyl (C=O) groups excluding carboxylic acids is 3. The molecule has 1 fully saturated rings. The van der Waals surface area contributed by atoms with Crippen molar-refractivity contribution >= 4 is 29.5 Å². The van der Waals surface area contributed by atoms with Gasteiger partial charge >= 0.3 is 0 Å². The molecule has 108 valence electrons. The molecule has 1 unspecified atom stereocenters. The molecule has 0 aliphatic carbocycles. The lowest BCUT2D eigenvalue weighted by atomic mass is 10.3. The summed E-state index contributed by atoms with van der Waals surface area (Å²) in [4.78, 5) is 36.2. The highest BCUT2D eigenvalue weighted by Crippen LogP contribution is 2.26. The fraction of sp³-hybridized carbons (Fsp3) is 0.769. The van der Waals surface area contributed by atoms with Crippen molar-refractivity contribution in [1.29, 1.82) is 0 Å². The Morgan fingerprint density at radius 2 is 2.16 bits per heavy atom. The highest BCUT2D eigenvalue weighted by Gasteiger charge is 2.37. The zero-order chi connectivity index (χ0) is 14.3. The Morgan fingerprint density at radius 1 is 1.42 bits per heavy atom. The zero-order valence-corrected chi connectivity index (χ0v) is 12.4. The maximum absolute atomic E-state index is 12.0. The number of carbonyl (C=O) groups is 3. The highest BCUT2D eigenvalue weighted by molar-refractivity contribution is 8.00. The molecule has 6 heteroatoms. The number of hydrogen-bond acceptors (Lipinski definition) is 4. The first-order valence-corrected chi connectivity index (χ1v) is 7.81. The largest absolute Gasteiger partial charge is 0.359 e. The van der Waals surface area contributed by atoms with Gasteiger partial charge in [-0.1, -0.05) is 13.3 Å². The molecule has 0 saturated carbocycles. The molecule has 5 nitrogen and oxygen atoms in total. The lowest BCUT2D eigenvalue weighted by Crippen LogP contribution is -2.32. The monoisotopic (exact) mass is 286 g/mol. The van der Waals surface area contributed by atoms with Gasteiger partial charge in [-0.3, -0.25) is 19.3 Å². The molecule has 0 aromatic rings. The number of thioether (sulfide) groups is 1. The van der Waals surface area contributed by atoms with Crippen molar-refractivity contribution in [1.82, 2.24) is 10.2 Å². The van der Waals surface area contributed by atoms with E-state index in [2.05, 4.69) is 5.32 Å². The van der Waals surface area contributed by atoms with Crippen molar-refractivity contribution in [3.05, 3.63) is 0 Å². The number of rotatable bonds is 8. The predicted octanol–water partition coefficient (Wildman–Crippen LogP) is 1.17. The molecular weight excluding hydrogens is 264 g/mol. The Hall–Kier alpha value is -1.04. The van der Waals surface area contributed by atoms with Gasteiger partial charge in [-0.05, 0) is 18.6 Å². The third-order valence-corrected chi connectivity index (χ3v) is 4.38. The maximum Gasteiger partial charge on any atom is 0.242 e. The minimum absolute atomic E-state index is 0.0130. The normalized spacial score (nSPS) is 19.1. The van der Waals surface area contributed by atoms with E-state index in [0.29, 0.717) is 19.4 Å². The van der Waals surface area contributed by atoms with Crippen LogP contribution in [0.5, 0.6) is 0 Å². The molecule has 0 spiro atoms. The van der Waals surface area contributed by atoms with E-state index in [4.69, 9.17) is 0 Å². The molecular formula is C13H22N2O3S. The molecule has 0 bridgehead atoms. The molecule has 1 N–H and O–H groups in total. The van der Waals surface area contributed by atoms with Gasteiger partial charge in [0.1, 0.15) is 0 Å². The molecule has 1 heterocycles. The Bertz CT molecular complexity index is 347. The SMILES string of the molecule is CCCCN1C(=O)CC(SCCCC(=O)NC)C1=O. The Balaban J connectivity index is 2.30. The molecule has 0 aromatic carbocycles. The summed E-state index contributed by atoms with van der Waals surface area (Å²) in [5.41, 5.74) is 0. The number of imide groups is 1. The topological polar surface area (TPSA) is 66.5 Å². The minimum Gasteiger partial charge on any atom is -0.359 e. The summed E-state index contributed by atoms with van der Waals surface area (Å²) >= 11 is 1.49. The highest BCUT2D eigenvalue weighted by atomic mass is 32.2. The average Bonchev–Trinajstić information content (AvgIpc) is 2.67. The molecule has 1 rings (SSSR count). The fourth-order valence-corrected chi connectivity index (χ4v) is 3.04. The summed E-state index contributed by atoms with van der Waals surface area (Å²) in [7, 11) is 1.61. The second kappa shape index (κ2) is 8.19. The van der Waals surface area contributed by atoms with E-state index in [1.54, 1.807) is 7.05 Å². The summed E-state index contributed by atoms with van der Waals surface area (Å²) < 4.78 is 0. The maximum atomic E-state index is 12.0. The third-order valence-electron chi connectivity index (χ3n) is 3.08. The Morgan fingerprint density at radius 3 is 2.79 bits per heavy atom. The number of amides is 3. The molecule has 1 saturated heterocycles. The number of nitrogens with one attached hydrogen (secondary N) is 1. The predicted molar refractivity (Wildman–Crippen MR) is 75.8 cm³/mol. The van der Waals surface area contributed by atoms with Crippen molar-refractivity contribution in [2.24, 2.45) is 0 Å². The molecule has 0 aromatic heterocycles. The van der Waals surface area contributed by atoms with Gasteiger partial charge in [0.15, 0.2) is 0 Å². The van der Waals surface area contributed by atoms with Crippen LogP contribution in [-0.2, 0) is 14.4 Å². The van der Waals surface area contributed by atoms with Crippen LogP contribution in [0.15, 0.2) is 0 Å². The lowest BCUT2D eigenvalue weighted by Gasteiger charge is -2.13. The van der Waals surface area contributed by atoms with Crippen LogP contribution < -0.4 is 5.32 Å². The van der Waals surface area contributed by atoms with Gasteiger partial charge in [-0.25, -0.2) is 0 Å². The lowest BCUT2D eigenvalue weighted by molar-refractivity contribution is -0.138. The van der Waals surface area contributed by atoms with Crippen molar-refractivity contribution in [3.63, 3.8) is 0 Å². The second-order valence-corrected chi connectivity index (χ2v) is 5.89. The van der Waals surface area contributed by atoms with E-state index in [1.165, 1.54) is 16.7 Å². The molecule has 1 atom stereocenters. The van der Waals surface area contributed by atoms with Crippen LogP contribution in [0.1, 0.15) is 39.0 Å². The second-order valence-electron chi connectivity index (χ2n) is 4.58. The molecule has 1 aliphatic heterocycles. The van der Waals surface area contributed by atoms with Crippen LogP contribution in [0.3, 0.4) is 0 Å². The van der Waals surface area contributed by atoms with Gasteiger partial charge in [0.05, 0.1) is 5.25 Å². The van der Waals surface area contributed by atoms with E-state index in [1.807, 2.05) is 6.92 Å². The summed E-state index contributed by atoms with van der Waals surface area (Å²) in [6.45, 7) is 2.58. The van der Waals surface area contributed by atoms with Gasteiger partial charge in [0.2, 0.25) is 17.7 Å². The van der Waals surface area contributed by atoms with Crippen LogP contribution in [0, 0.1) is 0 Å². The smallest absolute Gasteiger partial charge is 0.242 e. The molecule has 3 amide bonds. The summed E-state index contributed by atoms with van der Waals surface area (Å²) in [5, 5.41) is 2.32. The number of hydrogen-bond donors (Lipinski definition) is 1. The van der Waals surface area contributed by atoms with Crippen LogP contribution in [0.2, 0.25) is 0 Å².